The lowest BCUT2D eigenvalue weighted by atomic mass is 10.2. The van der Waals surface area contributed by atoms with Crippen LogP contribution in [0.25, 0.3) is 0 Å². The molecule has 0 saturated heterocycles. The highest BCUT2D eigenvalue weighted by molar-refractivity contribution is 5.62. The van der Waals surface area contributed by atoms with Gasteiger partial charge in [-0.25, -0.2) is 0 Å². The SMILES string of the molecule is CC(=O)O.CCC=CC(=CO)CC. The second kappa shape index (κ2) is 10.8. The average molecular weight is 186 g/mol. The van der Waals surface area contributed by atoms with Crippen LogP contribution in [0.4, 0.5) is 0 Å². The molecule has 0 saturated carbocycles. The van der Waals surface area contributed by atoms with Gasteiger partial charge in [0, 0.05) is 6.92 Å². The Labute approximate surface area is 79.4 Å². The molecular formula is C10H18O3. The number of carboxylic acid groups (broad SMARTS) is 1. The maximum absolute atomic E-state index is 9.00. The summed E-state index contributed by atoms with van der Waals surface area (Å²) in [4.78, 5) is 9.00. The highest BCUT2D eigenvalue weighted by atomic mass is 16.4. The summed E-state index contributed by atoms with van der Waals surface area (Å²) in [5, 5.41) is 16.0. The summed E-state index contributed by atoms with van der Waals surface area (Å²) in [5.74, 6) is -0.833. The molecular weight excluding hydrogens is 168 g/mol. The summed E-state index contributed by atoms with van der Waals surface area (Å²) in [7, 11) is 0. The van der Waals surface area contributed by atoms with Gasteiger partial charge in [-0.3, -0.25) is 4.79 Å². The lowest BCUT2D eigenvalue weighted by molar-refractivity contribution is -0.134. The lowest BCUT2D eigenvalue weighted by Crippen LogP contribution is -1.78. The van der Waals surface area contributed by atoms with Gasteiger partial charge in [-0.2, -0.15) is 0 Å². The van der Waals surface area contributed by atoms with Gasteiger partial charge in [0.2, 0.25) is 0 Å². The molecule has 0 radical (unpaired) electrons. The Balaban J connectivity index is 0. The molecule has 0 heterocycles. The van der Waals surface area contributed by atoms with Crippen molar-refractivity contribution in [3.8, 4) is 0 Å². The summed E-state index contributed by atoms with van der Waals surface area (Å²) in [5.41, 5.74) is 0.983. The van der Waals surface area contributed by atoms with E-state index in [1.165, 1.54) is 0 Å². The number of allylic oxidation sites excluding steroid dienone is 3. The zero-order valence-electron chi connectivity index (χ0n) is 8.45. The fraction of sp³-hybridized carbons (Fsp3) is 0.500. The summed E-state index contributed by atoms with van der Waals surface area (Å²) in [6.07, 6.45) is 7.06. The van der Waals surface area contributed by atoms with Crippen molar-refractivity contribution in [3.63, 3.8) is 0 Å². The van der Waals surface area contributed by atoms with Gasteiger partial charge in [0.25, 0.3) is 5.97 Å². The summed E-state index contributed by atoms with van der Waals surface area (Å²) >= 11 is 0. The van der Waals surface area contributed by atoms with Crippen molar-refractivity contribution in [2.45, 2.75) is 33.6 Å². The fourth-order valence-electron chi connectivity index (χ4n) is 0.521. The van der Waals surface area contributed by atoms with E-state index in [0.29, 0.717) is 0 Å². The molecule has 0 aliphatic carbocycles. The van der Waals surface area contributed by atoms with Crippen molar-refractivity contribution in [2.75, 3.05) is 0 Å². The van der Waals surface area contributed by atoms with Gasteiger partial charge < -0.3 is 10.2 Å². The van der Waals surface area contributed by atoms with Crippen LogP contribution in [0.2, 0.25) is 0 Å². The minimum atomic E-state index is -0.833. The predicted molar refractivity (Wildman–Crippen MR) is 53.7 cm³/mol. The number of rotatable bonds is 3. The van der Waals surface area contributed by atoms with E-state index in [1.807, 2.05) is 19.1 Å². The molecule has 0 aromatic heterocycles. The molecule has 0 unspecified atom stereocenters. The fourth-order valence-corrected chi connectivity index (χ4v) is 0.521. The molecule has 0 aliphatic heterocycles. The van der Waals surface area contributed by atoms with Crippen LogP contribution in [0.5, 0.6) is 0 Å². The highest BCUT2D eigenvalue weighted by Crippen LogP contribution is 2.00. The van der Waals surface area contributed by atoms with E-state index in [9.17, 15) is 0 Å². The smallest absolute Gasteiger partial charge is 0.300 e. The number of aliphatic hydroxyl groups is 1. The van der Waals surface area contributed by atoms with Crippen LogP contribution in [-0.2, 0) is 4.79 Å². The Morgan fingerprint density at radius 1 is 1.38 bits per heavy atom. The maximum Gasteiger partial charge on any atom is 0.300 e. The number of hydrogen-bond donors (Lipinski definition) is 2. The number of hydrogen-bond acceptors (Lipinski definition) is 2. The van der Waals surface area contributed by atoms with Gasteiger partial charge in [-0.15, -0.1) is 0 Å². The molecule has 76 valence electrons. The molecule has 3 heteroatoms. The summed E-state index contributed by atoms with van der Waals surface area (Å²) < 4.78 is 0. The minimum Gasteiger partial charge on any atom is -0.515 e. The van der Waals surface area contributed by atoms with Gasteiger partial charge in [0.1, 0.15) is 0 Å². The first kappa shape index (κ1) is 14.3. The standard InChI is InChI=1S/C8H14O.C2H4O2/c1-3-5-6-8(4-2)7-9;1-2(3)4/h5-7,9H,3-4H2,1-2H3;1H3,(H,3,4). The first-order valence-corrected chi connectivity index (χ1v) is 4.27. The van der Waals surface area contributed by atoms with E-state index < -0.39 is 5.97 Å². The van der Waals surface area contributed by atoms with E-state index in [1.54, 1.807) is 0 Å². The monoisotopic (exact) mass is 186 g/mol. The van der Waals surface area contributed by atoms with Crippen LogP contribution in [0.1, 0.15) is 33.6 Å². The molecule has 0 rings (SSSR count). The summed E-state index contributed by atoms with van der Waals surface area (Å²) in [6.45, 7) is 5.17. The molecule has 0 amide bonds. The Bertz CT molecular complexity index is 177. The van der Waals surface area contributed by atoms with E-state index in [-0.39, 0.29) is 0 Å². The molecule has 0 bridgehead atoms. The van der Waals surface area contributed by atoms with Gasteiger partial charge in [-0.05, 0) is 18.4 Å². The highest BCUT2D eigenvalue weighted by Gasteiger charge is 1.82. The quantitative estimate of drug-likeness (QED) is 0.526. The summed E-state index contributed by atoms with van der Waals surface area (Å²) in [6, 6.07) is 0. The second-order valence-electron chi connectivity index (χ2n) is 2.39. The zero-order valence-corrected chi connectivity index (χ0v) is 8.45. The zero-order chi connectivity index (χ0) is 10.7. The van der Waals surface area contributed by atoms with Crippen molar-refractivity contribution in [2.24, 2.45) is 0 Å². The normalized spacial score (nSPS) is 10.8. The van der Waals surface area contributed by atoms with Crippen LogP contribution in [-0.4, -0.2) is 16.2 Å². The van der Waals surface area contributed by atoms with E-state index in [2.05, 4.69) is 6.92 Å². The van der Waals surface area contributed by atoms with Crippen molar-refractivity contribution < 1.29 is 15.0 Å². The Hall–Kier alpha value is -1.25. The first-order chi connectivity index (χ1) is 6.08. The lowest BCUT2D eigenvalue weighted by Gasteiger charge is -1.90. The molecule has 0 fully saturated rings. The molecule has 0 aromatic carbocycles. The minimum absolute atomic E-state index is 0.833. The average Bonchev–Trinajstić information content (AvgIpc) is 2.06. The Morgan fingerprint density at radius 3 is 2.08 bits per heavy atom. The molecule has 0 spiro atoms. The second-order valence-corrected chi connectivity index (χ2v) is 2.39. The molecule has 0 aliphatic rings. The third-order valence-corrected chi connectivity index (χ3v) is 1.14. The van der Waals surface area contributed by atoms with Crippen molar-refractivity contribution in [1.82, 2.24) is 0 Å². The topological polar surface area (TPSA) is 57.5 Å². The van der Waals surface area contributed by atoms with Gasteiger partial charge in [-0.1, -0.05) is 26.0 Å². The van der Waals surface area contributed by atoms with Crippen LogP contribution < -0.4 is 0 Å². The largest absolute Gasteiger partial charge is 0.515 e. The van der Waals surface area contributed by atoms with Crippen LogP contribution in [0.15, 0.2) is 24.0 Å². The number of carboxylic acids is 1. The van der Waals surface area contributed by atoms with Gasteiger partial charge in [0.15, 0.2) is 0 Å². The van der Waals surface area contributed by atoms with E-state index >= 15 is 0 Å². The number of carbonyl (C=O) groups is 1. The van der Waals surface area contributed by atoms with Crippen molar-refractivity contribution >= 4 is 5.97 Å². The third-order valence-electron chi connectivity index (χ3n) is 1.14. The molecule has 3 nitrogen and oxygen atoms in total. The van der Waals surface area contributed by atoms with Crippen LogP contribution in [0.3, 0.4) is 0 Å². The van der Waals surface area contributed by atoms with Crippen LogP contribution in [0, 0.1) is 0 Å². The van der Waals surface area contributed by atoms with Crippen molar-refractivity contribution in [3.05, 3.63) is 24.0 Å². The van der Waals surface area contributed by atoms with Crippen LogP contribution >= 0.6 is 0 Å². The molecule has 2 N–H and O–H groups in total. The van der Waals surface area contributed by atoms with E-state index in [0.717, 1.165) is 31.6 Å². The first-order valence-electron chi connectivity index (χ1n) is 4.27. The molecule has 0 atom stereocenters. The van der Waals surface area contributed by atoms with Gasteiger partial charge in [0.05, 0.1) is 6.26 Å². The predicted octanol–water partition coefficient (Wildman–Crippen LogP) is 2.90. The number of aliphatic hydroxyl groups excluding tert-OH is 1. The number of aliphatic carboxylic acids is 1. The van der Waals surface area contributed by atoms with Gasteiger partial charge >= 0.3 is 0 Å². The Kier molecular flexibility index (Phi) is 11.8. The maximum atomic E-state index is 9.00. The Morgan fingerprint density at radius 2 is 1.85 bits per heavy atom. The van der Waals surface area contributed by atoms with Crippen molar-refractivity contribution in [1.29, 1.82) is 0 Å². The van der Waals surface area contributed by atoms with E-state index in [4.69, 9.17) is 15.0 Å². The molecule has 0 aromatic rings. The molecule has 13 heavy (non-hydrogen) atoms. The third kappa shape index (κ3) is 18.1.